The van der Waals surface area contributed by atoms with E-state index in [0.717, 1.165) is 24.1 Å². The second-order valence-corrected chi connectivity index (χ2v) is 6.78. The van der Waals surface area contributed by atoms with Crippen molar-refractivity contribution in [2.75, 3.05) is 13.1 Å². The molecule has 1 aliphatic heterocycles. The van der Waals surface area contributed by atoms with E-state index >= 15 is 0 Å². The molecule has 128 valence electrons. The van der Waals surface area contributed by atoms with Crippen LogP contribution >= 0.6 is 11.5 Å². The highest BCUT2D eigenvalue weighted by atomic mass is 32.1. The van der Waals surface area contributed by atoms with Gasteiger partial charge in [-0.2, -0.15) is 4.98 Å². The molecule has 1 aromatic carbocycles. The maximum Gasteiger partial charge on any atom is 0.267 e. The number of benzene rings is 1. The van der Waals surface area contributed by atoms with E-state index in [1.54, 1.807) is 4.90 Å². The Kier molecular flexibility index (Phi) is 4.27. The minimum atomic E-state index is -0.00232. The van der Waals surface area contributed by atoms with Gasteiger partial charge in [0, 0.05) is 18.7 Å². The molecule has 1 aliphatic rings. The first-order valence-electron chi connectivity index (χ1n) is 8.25. The highest BCUT2D eigenvalue weighted by Gasteiger charge is 2.37. The van der Waals surface area contributed by atoms with Gasteiger partial charge in [-0.1, -0.05) is 53.3 Å². The van der Waals surface area contributed by atoms with E-state index < -0.39 is 0 Å². The average Bonchev–Trinajstić information content (AvgIpc) is 3.24. The summed E-state index contributed by atoms with van der Waals surface area (Å²) in [6, 6.07) is 9.70. The summed E-state index contributed by atoms with van der Waals surface area (Å²) in [5.41, 5.74) is 1.72. The Morgan fingerprint density at radius 1 is 1.32 bits per heavy atom. The van der Waals surface area contributed by atoms with Crippen molar-refractivity contribution in [3.05, 3.63) is 46.8 Å². The number of nitrogens with zero attached hydrogens (tertiary/aromatic N) is 5. The van der Waals surface area contributed by atoms with E-state index in [4.69, 9.17) is 4.52 Å². The van der Waals surface area contributed by atoms with Gasteiger partial charge in [-0.3, -0.25) is 4.79 Å². The third kappa shape index (κ3) is 3.05. The van der Waals surface area contributed by atoms with Crippen LogP contribution in [0, 0.1) is 0 Å². The number of aromatic nitrogens is 4. The fourth-order valence-corrected chi connectivity index (χ4v) is 3.50. The summed E-state index contributed by atoms with van der Waals surface area (Å²) in [4.78, 5) is 19.5. The van der Waals surface area contributed by atoms with Crippen molar-refractivity contribution in [3.63, 3.8) is 0 Å². The van der Waals surface area contributed by atoms with Crippen LogP contribution in [0.25, 0.3) is 11.4 Å². The zero-order chi connectivity index (χ0) is 17.2. The molecule has 1 amide bonds. The second kappa shape index (κ2) is 6.72. The summed E-state index contributed by atoms with van der Waals surface area (Å²) in [5.74, 6) is 1.25. The zero-order valence-electron chi connectivity index (χ0n) is 13.8. The molecule has 0 aliphatic carbocycles. The van der Waals surface area contributed by atoms with Crippen molar-refractivity contribution < 1.29 is 9.32 Å². The summed E-state index contributed by atoms with van der Waals surface area (Å²) in [6.45, 7) is 3.23. The van der Waals surface area contributed by atoms with Crippen molar-refractivity contribution in [3.8, 4) is 11.4 Å². The zero-order valence-corrected chi connectivity index (χ0v) is 14.6. The van der Waals surface area contributed by atoms with E-state index in [-0.39, 0.29) is 11.8 Å². The molecule has 0 spiro atoms. The van der Waals surface area contributed by atoms with E-state index in [9.17, 15) is 4.79 Å². The Balaban J connectivity index is 1.41. The third-order valence-electron chi connectivity index (χ3n) is 4.23. The summed E-state index contributed by atoms with van der Waals surface area (Å²) in [7, 11) is 0. The van der Waals surface area contributed by atoms with E-state index in [1.807, 2.05) is 30.3 Å². The lowest BCUT2D eigenvalue weighted by Gasteiger charge is -2.36. The first-order chi connectivity index (χ1) is 12.3. The predicted octanol–water partition coefficient (Wildman–Crippen LogP) is 2.78. The van der Waals surface area contributed by atoms with Gasteiger partial charge in [-0.05, 0) is 18.0 Å². The largest absolute Gasteiger partial charge is 0.339 e. The van der Waals surface area contributed by atoms with Gasteiger partial charge in [0.15, 0.2) is 0 Å². The molecular formula is C17H17N5O2S. The number of amides is 1. The Labute approximate surface area is 148 Å². The van der Waals surface area contributed by atoms with E-state index in [0.29, 0.717) is 29.7 Å². The quantitative estimate of drug-likeness (QED) is 0.700. The maximum atomic E-state index is 12.6. The molecule has 25 heavy (non-hydrogen) atoms. The van der Waals surface area contributed by atoms with E-state index in [1.165, 1.54) is 11.5 Å². The Morgan fingerprint density at radius 3 is 2.88 bits per heavy atom. The molecule has 1 saturated heterocycles. The second-order valence-electron chi connectivity index (χ2n) is 6.03. The molecule has 0 unspecified atom stereocenters. The van der Waals surface area contributed by atoms with Crippen molar-refractivity contribution in [2.45, 2.75) is 25.7 Å². The Bertz CT molecular complexity index is 870. The number of hydrogen-bond donors (Lipinski definition) is 0. The molecule has 1 fully saturated rings. The van der Waals surface area contributed by atoms with Crippen LogP contribution in [-0.4, -0.2) is 43.6 Å². The maximum absolute atomic E-state index is 12.6. The lowest BCUT2D eigenvalue weighted by atomic mass is 9.99. The van der Waals surface area contributed by atoms with Crippen molar-refractivity contribution in [1.82, 2.24) is 24.6 Å². The number of carbonyl (C=O) groups is 1. The van der Waals surface area contributed by atoms with Gasteiger partial charge in [0.2, 0.25) is 11.7 Å². The standard InChI is InChI=1S/C17H17N5O2S/c1-2-6-13-14(25-21-19-13)17(23)22-9-12(10-22)16-18-15(20-24-16)11-7-4-3-5-8-11/h3-5,7-8,12H,2,6,9-10H2,1H3. The summed E-state index contributed by atoms with van der Waals surface area (Å²) < 4.78 is 9.30. The average molecular weight is 355 g/mol. The summed E-state index contributed by atoms with van der Waals surface area (Å²) >= 11 is 1.17. The van der Waals surface area contributed by atoms with Gasteiger partial charge in [0.05, 0.1) is 11.6 Å². The van der Waals surface area contributed by atoms with E-state index in [2.05, 4.69) is 26.7 Å². The Hall–Kier alpha value is -2.61. The molecule has 0 N–H and O–H groups in total. The SMILES string of the molecule is CCCc1nnsc1C(=O)N1CC(c2nc(-c3ccccc3)no2)C1. The molecule has 3 aromatic rings. The summed E-state index contributed by atoms with van der Waals surface area (Å²) in [6.07, 6.45) is 1.72. The van der Waals surface area contributed by atoms with Crippen molar-refractivity contribution >= 4 is 17.4 Å². The predicted molar refractivity (Wildman–Crippen MR) is 92.3 cm³/mol. The van der Waals surface area contributed by atoms with Gasteiger partial charge in [-0.15, -0.1) is 5.10 Å². The van der Waals surface area contributed by atoms with Crippen LogP contribution in [0.15, 0.2) is 34.9 Å². The van der Waals surface area contributed by atoms with Gasteiger partial charge < -0.3 is 9.42 Å². The molecule has 0 bridgehead atoms. The highest BCUT2D eigenvalue weighted by molar-refractivity contribution is 7.08. The van der Waals surface area contributed by atoms with Gasteiger partial charge in [0.25, 0.3) is 5.91 Å². The number of rotatable bonds is 5. The third-order valence-corrected chi connectivity index (χ3v) is 4.98. The number of carbonyl (C=O) groups excluding carboxylic acids is 1. The van der Waals surface area contributed by atoms with Crippen LogP contribution in [0.1, 0.15) is 40.5 Å². The monoisotopic (exact) mass is 355 g/mol. The molecule has 3 heterocycles. The van der Waals surface area contributed by atoms with Crippen LogP contribution in [0.2, 0.25) is 0 Å². The number of hydrogen-bond acceptors (Lipinski definition) is 7. The van der Waals surface area contributed by atoms with Crippen molar-refractivity contribution in [1.29, 1.82) is 0 Å². The molecular weight excluding hydrogens is 338 g/mol. The topological polar surface area (TPSA) is 85.0 Å². The fraction of sp³-hybridized carbons (Fsp3) is 0.353. The molecule has 2 aromatic heterocycles. The first kappa shape index (κ1) is 15.9. The minimum Gasteiger partial charge on any atom is -0.339 e. The van der Waals surface area contributed by atoms with Gasteiger partial charge in [0.1, 0.15) is 4.88 Å². The van der Waals surface area contributed by atoms with Crippen LogP contribution in [0.3, 0.4) is 0 Å². The van der Waals surface area contributed by atoms with Crippen LogP contribution in [-0.2, 0) is 6.42 Å². The molecule has 8 heteroatoms. The smallest absolute Gasteiger partial charge is 0.267 e. The Morgan fingerprint density at radius 2 is 2.12 bits per heavy atom. The van der Waals surface area contributed by atoms with Crippen LogP contribution < -0.4 is 0 Å². The highest BCUT2D eigenvalue weighted by Crippen LogP contribution is 2.29. The van der Waals surface area contributed by atoms with Gasteiger partial charge in [-0.25, -0.2) is 0 Å². The molecule has 0 radical (unpaired) electrons. The first-order valence-corrected chi connectivity index (χ1v) is 9.03. The number of aryl methyl sites for hydroxylation is 1. The fourth-order valence-electron chi connectivity index (χ4n) is 2.82. The molecule has 7 nitrogen and oxygen atoms in total. The lowest BCUT2D eigenvalue weighted by Crippen LogP contribution is -2.48. The van der Waals surface area contributed by atoms with Gasteiger partial charge >= 0.3 is 0 Å². The van der Waals surface area contributed by atoms with Crippen LogP contribution in [0.4, 0.5) is 0 Å². The normalized spacial score (nSPS) is 14.5. The lowest BCUT2D eigenvalue weighted by molar-refractivity contribution is 0.0573. The number of likely N-dealkylation sites (tertiary alicyclic amines) is 1. The minimum absolute atomic E-state index is 0.00232. The molecule has 4 rings (SSSR count). The molecule has 0 saturated carbocycles. The molecule has 0 atom stereocenters. The summed E-state index contributed by atoms with van der Waals surface area (Å²) in [5, 5.41) is 8.10. The van der Waals surface area contributed by atoms with Crippen LogP contribution in [0.5, 0.6) is 0 Å². The van der Waals surface area contributed by atoms with Crippen molar-refractivity contribution in [2.24, 2.45) is 0 Å².